The third-order valence-electron chi connectivity index (χ3n) is 4.44. The number of carbonyl (C=O) groups is 1. The van der Waals surface area contributed by atoms with Crippen LogP contribution in [0.2, 0.25) is 0 Å². The Hall–Kier alpha value is -2.67. The summed E-state index contributed by atoms with van der Waals surface area (Å²) in [5.74, 6) is 0.340. The molecule has 0 aliphatic carbocycles. The molecule has 134 valence electrons. The molecule has 2 aromatic heterocycles. The number of hydrogen-bond acceptors (Lipinski definition) is 6. The number of benzene rings is 1. The lowest BCUT2D eigenvalue weighted by atomic mass is 10.3. The average Bonchev–Trinajstić information content (AvgIpc) is 2.90. The largest absolute Gasteiger partial charge is 0.456 e. The van der Waals surface area contributed by atoms with Crippen LogP contribution in [0.1, 0.15) is 22.7 Å². The molecule has 7 heteroatoms. The molecule has 3 heterocycles. The standard InChI is InChI=1S/C19H19N3O3S/c1-13-11-14(23)12-16(25-13)18(24)21-7-4-8-22(10-9-21)19-20-15-5-2-3-6-17(15)26-19/h2-3,5-6,11-12H,4,7-10H2,1H3. The number of amides is 1. The summed E-state index contributed by atoms with van der Waals surface area (Å²) in [7, 11) is 0. The highest BCUT2D eigenvalue weighted by Gasteiger charge is 2.23. The fourth-order valence-corrected chi connectivity index (χ4v) is 4.19. The Kier molecular flexibility index (Phi) is 4.46. The zero-order chi connectivity index (χ0) is 18.1. The van der Waals surface area contributed by atoms with Crippen molar-refractivity contribution in [2.45, 2.75) is 13.3 Å². The number of nitrogens with zero attached hydrogens (tertiary/aromatic N) is 3. The van der Waals surface area contributed by atoms with Gasteiger partial charge in [-0.2, -0.15) is 0 Å². The van der Waals surface area contributed by atoms with Gasteiger partial charge in [0, 0.05) is 38.3 Å². The minimum absolute atomic E-state index is 0.114. The first-order chi connectivity index (χ1) is 12.6. The molecule has 3 aromatic rings. The highest BCUT2D eigenvalue weighted by atomic mass is 32.1. The second-order valence-electron chi connectivity index (χ2n) is 6.36. The fraction of sp³-hybridized carbons (Fsp3) is 0.316. The molecular weight excluding hydrogens is 350 g/mol. The van der Waals surface area contributed by atoms with Gasteiger partial charge in [-0.05, 0) is 25.5 Å². The normalized spacial score (nSPS) is 15.3. The van der Waals surface area contributed by atoms with Crippen molar-refractivity contribution in [2.24, 2.45) is 0 Å². The molecule has 0 saturated carbocycles. The van der Waals surface area contributed by atoms with E-state index in [2.05, 4.69) is 11.0 Å². The highest BCUT2D eigenvalue weighted by Crippen LogP contribution is 2.29. The zero-order valence-electron chi connectivity index (χ0n) is 14.5. The van der Waals surface area contributed by atoms with Crippen molar-refractivity contribution in [1.82, 2.24) is 9.88 Å². The van der Waals surface area contributed by atoms with Crippen molar-refractivity contribution in [2.75, 3.05) is 31.1 Å². The van der Waals surface area contributed by atoms with Gasteiger partial charge in [-0.25, -0.2) is 4.98 Å². The van der Waals surface area contributed by atoms with E-state index >= 15 is 0 Å². The number of aryl methyl sites for hydroxylation is 1. The topological polar surface area (TPSA) is 66.7 Å². The molecule has 0 radical (unpaired) electrons. The SMILES string of the molecule is Cc1cc(=O)cc(C(=O)N2CCCN(c3nc4ccccc4s3)CC2)o1. The Labute approximate surface area is 154 Å². The maximum atomic E-state index is 12.7. The minimum Gasteiger partial charge on any atom is -0.456 e. The number of carbonyl (C=O) groups excluding carboxylic acids is 1. The quantitative estimate of drug-likeness (QED) is 0.695. The molecule has 1 aromatic carbocycles. The first kappa shape index (κ1) is 16.8. The molecule has 0 N–H and O–H groups in total. The van der Waals surface area contributed by atoms with E-state index in [0.717, 1.165) is 23.6 Å². The van der Waals surface area contributed by atoms with Crippen LogP contribution in [0, 0.1) is 6.92 Å². The van der Waals surface area contributed by atoms with Crippen molar-refractivity contribution < 1.29 is 9.21 Å². The van der Waals surface area contributed by atoms with Crippen LogP contribution < -0.4 is 10.3 Å². The van der Waals surface area contributed by atoms with Crippen molar-refractivity contribution in [3.63, 3.8) is 0 Å². The molecule has 1 amide bonds. The highest BCUT2D eigenvalue weighted by molar-refractivity contribution is 7.22. The van der Waals surface area contributed by atoms with Crippen LogP contribution >= 0.6 is 11.3 Å². The Balaban J connectivity index is 1.50. The maximum absolute atomic E-state index is 12.7. The summed E-state index contributed by atoms with van der Waals surface area (Å²) in [6.07, 6.45) is 0.845. The summed E-state index contributed by atoms with van der Waals surface area (Å²) in [6, 6.07) is 10.7. The molecule has 0 unspecified atom stereocenters. The van der Waals surface area contributed by atoms with Crippen LogP contribution in [0.25, 0.3) is 10.2 Å². The average molecular weight is 369 g/mol. The molecule has 0 bridgehead atoms. The van der Waals surface area contributed by atoms with E-state index in [0.29, 0.717) is 25.4 Å². The lowest BCUT2D eigenvalue weighted by molar-refractivity contribution is 0.0730. The number of rotatable bonds is 2. The van der Waals surface area contributed by atoms with E-state index in [4.69, 9.17) is 9.40 Å². The number of anilines is 1. The van der Waals surface area contributed by atoms with Crippen molar-refractivity contribution in [3.05, 3.63) is 58.1 Å². The number of hydrogen-bond donors (Lipinski definition) is 0. The molecule has 6 nitrogen and oxygen atoms in total. The van der Waals surface area contributed by atoms with Crippen LogP contribution in [-0.2, 0) is 0 Å². The van der Waals surface area contributed by atoms with Gasteiger partial charge in [0.1, 0.15) is 5.76 Å². The molecule has 1 saturated heterocycles. The van der Waals surface area contributed by atoms with Gasteiger partial charge in [0.15, 0.2) is 16.3 Å². The summed E-state index contributed by atoms with van der Waals surface area (Å²) < 4.78 is 6.62. The van der Waals surface area contributed by atoms with Crippen LogP contribution in [0.3, 0.4) is 0 Å². The van der Waals surface area contributed by atoms with Crippen molar-refractivity contribution in [3.8, 4) is 0 Å². The van der Waals surface area contributed by atoms with Crippen LogP contribution in [-0.4, -0.2) is 42.0 Å². The lowest BCUT2D eigenvalue weighted by Crippen LogP contribution is -2.35. The Morgan fingerprint density at radius 3 is 2.81 bits per heavy atom. The minimum atomic E-state index is -0.225. The van der Waals surface area contributed by atoms with Gasteiger partial charge in [0.2, 0.25) is 0 Å². The van der Waals surface area contributed by atoms with Crippen LogP contribution in [0.15, 0.2) is 45.6 Å². The van der Waals surface area contributed by atoms with E-state index < -0.39 is 0 Å². The lowest BCUT2D eigenvalue weighted by Gasteiger charge is -2.21. The number of para-hydroxylation sites is 1. The van der Waals surface area contributed by atoms with Gasteiger partial charge in [-0.3, -0.25) is 9.59 Å². The Morgan fingerprint density at radius 2 is 2.00 bits per heavy atom. The fourth-order valence-electron chi connectivity index (χ4n) is 3.17. The smallest absolute Gasteiger partial charge is 0.289 e. The van der Waals surface area contributed by atoms with Gasteiger partial charge >= 0.3 is 0 Å². The molecule has 26 heavy (non-hydrogen) atoms. The van der Waals surface area contributed by atoms with E-state index in [9.17, 15) is 9.59 Å². The van der Waals surface area contributed by atoms with E-state index in [1.54, 1.807) is 23.2 Å². The van der Waals surface area contributed by atoms with Gasteiger partial charge in [0.25, 0.3) is 5.91 Å². The molecule has 0 spiro atoms. The molecule has 1 aliphatic heterocycles. The zero-order valence-corrected chi connectivity index (χ0v) is 15.3. The third kappa shape index (κ3) is 3.35. The maximum Gasteiger partial charge on any atom is 0.289 e. The molecule has 4 rings (SSSR count). The second kappa shape index (κ2) is 6.92. The van der Waals surface area contributed by atoms with E-state index in [1.165, 1.54) is 16.8 Å². The predicted octanol–water partition coefficient (Wildman–Crippen LogP) is 2.91. The Morgan fingerprint density at radius 1 is 1.15 bits per heavy atom. The Bertz CT molecular complexity index is 977. The molecule has 0 atom stereocenters. The van der Waals surface area contributed by atoms with Crippen LogP contribution in [0.4, 0.5) is 5.13 Å². The van der Waals surface area contributed by atoms with Gasteiger partial charge < -0.3 is 14.2 Å². The summed E-state index contributed by atoms with van der Waals surface area (Å²) in [6.45, 7) is 4.45. The van der Waals surface area contributed by atoms with Gasteiger partial charge in [-0.15, -0.1) is 0 Å². The summed E-state index contributed by atoms with van der Waals surface area (Å²) in [4.78, 5) is 33.0. The first-order valence-electron chi connectivity index (χ1n) is 8.62. The molecule has 1 aliphatic rings. The summed E-state index contributed by atoms with van der Waals surface area (Å²) in [5.41, 5.74) is 0.800. The van der Waals surface area contributed by atoms with E-state index in [1.807, 2.05) is 18.2 Å². The molecule has 1 fully saturated rings. The van der Waals surface area contributed by atoms with Crippen molar-refractivity contribution in [1.29, 1.82) is 0 Å². The second-order valence-corrected chi connectivity index (χ2v) is 7.37. The number of thiazole rings is 1. The molecular formula is C19H19N3O3S. The summed E-state index contributed by atoms with van der Waals surface area (Å²) in [5, 5.41) is 0.989. The summed E-state index contributed by atoms with van der Waals surface area (Å²) >= 11 is 1.67. The monoisotopic (exact) mass is 369 g/mol. The van der Waals surface area contributed by atoms with Crippen molar-refractivity contribution >= 4 is 32.6 Å². The predicted molar refractivity (Wildman–Crippen MR) is 102 cm³/mol. The van der Waals surface area contributed by atoms with Gasteiger partial charge in [0.05, 0.1) is 10.2 Å². The first-order valence-corrected chi connectivity index (χ1v) is 9.43. The van der Waals surface area contributed by atoms with Gasteiger partial charge in [-0.1, -0.05) is 23.5 Å². The number of aromatic nitrogens is 1. The third-order valence-corrected chi connectivity index (χ3v) is 5.53. The number of fused-ring (bicyclic) bond motifs is 1. The van der Waals surface area contributed by atoms with Crippen LogP contribution in [0.5, 0.6) is 0 Å². The van der Waals surface area contributed by atoms with E-state index in [-0.39, 0.29) is 17.1 Å².